The van der Waals surface area contributed by atoms with Gasteiger partial charge in [-0.2, -0.15) is 0 Å². The summed E-state index contributed by atoms with van der Waals surface area (Å²) < 4.78 is 0. The van der Waals surface area contributed by atoms with Crippen LogP contribution >= 0.6 is 11.3 Å². The van der Waals surface area contributed by atoms with Crippen molar-refractivity contribution in [1.29, 1.82) is 0 Å². The molecule has 102 valence electrons. The SMILES string of the molecule is CCCC(C)(CO)NC(=O)c1ncnc2sccc12. The Morgan fingerprint density at radius 1 is 1.53 bits per heavy atom. The van der Waals surface area contributed by atoms with Gasteiger partial charge in [0.25, 0.3) is 5.91 Å². The zero-order chi connectivity index (χ0) is 13.9. The first kappa shape index (κ1) is 13.9. The number of aromatic nitrogens is 2. The molecule has 1 atom stereocenters. The average molecular weight is 279 g/mol. The first-order valence-corrected chi connectivity index (χ1v) is 7.09. The average Bonchev–Trinajstić information content (AvgIpc) is 2.86. The van der Waals surface area contributed by atoms with Gasteiger partial charge in [-0.15, -0.1) is 11.3 Å². The Morgan fingerprint density at radius 3 is 3.00 bits per heavy atom. The second-order valence-electron chi connectivity index (χ2n) is 4.78. The topological polar surface area (TPSA) is 75.1 Å². The number of hydrogen-bond donors (Lipinski definition) is 2. The molecule has 1 amide bonds. The molecule has 0 aliphatic heterocycles. The molecule has 0 radical (unpaired) electrons. The smallest absolute Gasteiger partial charge is 0.271 e. The number of rotatable bonds is 5. The first-order valence-electron chi connectivity index (χ1n) is 6.21. The molecule has 2 aromatic heterocycles. The number of carbonyl (C=O) groups excluding carboxylic acids is 1. The van der Waals surface area contributed by atoms with Gasteiger partial charge in [-0.1, -0.05) is 13.3 Å². The summed E-state index contributed by atoms with van der Waals surface area (Å²) in [6.07, 6.45) is 2.99. The van der Waals surface area contributed by atoms with E-state index in [2.05, 4.69) is 15.3 Å². The number of amides is 1. The van der Waals surface area contributed by atoms with Crippen LogP contribution in [0.5, 0.6) is 0 Å². The Kier molecular flexibility index (Phi) is 4.11. The fraction of sp³-hybridized carbons (Fsp3) is 0.462. The van der Waals surface area contributed by atoms with E-state index in [1.165, 1.54) is 17.7 Å². The van der Waals surface area contributed by atoms with Crippen LogP contribution in [0, 0.1) is 0 Å². The third-order valence-electron chi connectivity index (χ3n) is 3.04. The van der Waals surface area contributed by atoms with Gasteiger partial charge in [-0.3, -0.25) is 4.79 Å². The van der Waals surface area contributed by atoms with E-state index < -0.39 is 5.54 Å². The minimum atomic E-state index is -0.612. The van der Waals surface area contributed by atoms with Crippen molar-refractivity contribution in [1.82, 2.24) is 15.3 Å². The van der Waals surface area contributed by atoms with Crippen molar-refractivity contribution >= 4 is 27.5 Å². The van der Waals surface area contributed by atoms with Gasteiger partial charge >= 0.3 is 0 Å². The standard InChI is InChI=1S/C13H17N3O2S/c1-3-5-13(2,7-17)16-11(18)10-9-4-6-19-12(9)15-8-14-10/h4,6,8,17H,3,5,7H2,1-2H3,(H,16,18). The van der Waals surface area contributed by atoms with Crippen LogP contribution in [-0.4, -0.2) is 33.1 Å². The Labute approximate surface area is 115 Å². The van der Waals surface area contributed by atoms with Gasteiger partial charge in [0.1, 0.15) is 16.9 Å². The predicted molar refractivity (Wildman–Crippen MR) is 75.3 cm³/mol. The molecule has 0 aliphatic rings. The van der Waals surface area contributed by atoms with Crippen molar-refractivity contribution in [2.75, 3.05) is 6.61 Å². The zero-order valence-corrected chi connectivity index (χ0v) is 11.8. The summed E-state index contributed by atoms with van der Waals surface area (Å²) in [6.45, 7) is 3.76. The van der Waals surface area contributed by atoms with Crippen molar-refractivity contribution in [3.8, 4) is 0 Å². The molecular formula is C13H17N3O2S. The molecule has 2 aromatic rings. The Bertz CT molecular complexity index is 584. The highest BCUT2D eigenvalue weighted by Crippen LogP contribution is 2.21. The van der Waals surface area contributed by atoms with Gasteiger partial charge in [0.15, 0.2) is 0 Å². The molecule has 19 heavy (non-hydrogen) atoms. The molecular weight excluding hydrogens is 262 g/mol. The molecule has 6 heteroatoms. The number of nitrogens with one attached hydrogen (secondary N) is 1. The van der Waals surface area contributed by atoms with E-state index in [1.807, 2.05) is 25.3 Å². The number of carbonyl (C=O) groups is 1. The number of nitrogens with zero attached hydrogens (tertiary/aromatic N) is 2. The van der Waals surface area contributed by atoms with Crippen LogP contribution in [0.1, 0.15) is 37.2 Å². The number of thiophene rings is 1. The monoisotopic (exact) mass is 279 g/mol. The van der Waals surface area contributed by atoms with Crippen LogP contribution in [0.25, 0.3) is 10.2 Å². The fourth-order valence-electron chi connectivity index (χ4n) is 2.04. The van der Waals surface area contributed by atoms with Crippen molar-refractivity contribution in [3.05, 3.63) is 23.5 Å². The van der Waals surface area contributed by atoms with Gasteiger partial charge in [-0.05, 0) is 24.8 Å². The van der Waals surface area contributed by atoms with Crippen LogP contribution < -0.4 is 5.32 Å². The lowest BCUT2D eigenvalue weighted by atomic mass is 9.97. The lowest BCUT2D eigenvalue weighted by molar-refractivity contribution is 0.0837. The van der Waals surface area contributed by atoms with E-state index >= 15 is 0 Å². The Hall–Kier alpha value is -1.53. The van der Waals surface area contributed by atoms with Crippen LogP contribution in [0.2, 0.25) is 0 Å². The molecule has 0 saturated carbocycles. The maximum absolute atomic E-state index is 12.3. The highest BCUT2D eigenvalue weighted by Gasteiger charge is 2.26. The summed E-state index contributed by atoms with van der Waals surface area (Å²) in [5, 5.41) is 14.9. The van der Waals surface area contributed by atoms with E-state index in [0.29, 0.717) is 12.1 Å². The fourth-order valence-corrected chi connectivity index (χ4v) is 2.77. The molecule has 1 unspecified atom stereocenters. The second kappa shape index (κ2) is 5.63. The van der Waals surface area contributed by atoms with Gasteiger partial charge in [0.2, 0.25) is 0 Å². The van der Waals surface area contributed by atoms with Crippen molar-refractivity contribution in [2.45, 2.75) is 32.2 Å². The second-order valence-corrected chi connectivity index (χ2v) is 5.68. The maximum Gasteiger partial charge on any atom is 0.271 e. The largest absolute Gasteiger partial charge is 0.394 e. The number of fused-ring (bicyclic) bond motifs is 1. The van der Waals surface area contributed by atoms with Gasteiger partial charge in [0.05, 0.1) is 12.1 Å². The minimum Gasteiger partial charge on any atom is -0.394 e. The lowest BCUT2D eigenvalue weighted by Gasteiger charge is -2.28. The van der Waals surface area contributed by atoms with E-state index in [1.54, 1.807) is 0 Å². The molecule has 0 aliphatic carbocycles. The summed E-state index contributed by atoms with van der Waals surface area (Å²) in [5.74, 6) is -0.268. The van der Waals surface area contributed by atoms with E-state index in [9.17, 15) is 9.90 Å². The van der Waals surface area contributed by atoms with Gasteiger partial charge in [0, 0.05) is 5.39 Å². The van der Waals surface area contributed by atoms with Gasteiger partial charge < -0.3 is 10.4 Å². The molecule has 0 aromatic carbocycles. The van der Waals surface area contributed by atoms with Crippen molar-refractivity contribution in [3.63, 3.8) is 0 Å². The third-order valence-corrected chi connectivity index (χ3v) is 3.86. The van der Waals surface area contributed by atoms with Gasteiger partial charge in [-0.25, -0.2) is 9.97 Å². The third kappa shape index (κ3) is 2.90. The Morgan fingerprint density at radius 2 is 2.32 bits per heavy atom. The van der Waals surface area contributed by atoms with Crippen LogP contribution in [-0.2, 0) is 0 Å². The summed E-state index contributed by atoms with van der Waals surface area (Å²) in [4.78, 5) is 21.3. The molecule has 0 spiro atoms. The molecule has 0 saturated heterocycles. The highest BCUT2D eigenvalue weighted by atomic mass is 32.1. The van der Waals surface area contributed by atoms with E-state index in [-0.39, 0.29) is 12.5 Å². The first-order chi connectivity index (χ1) is 9.09. The minimum absolute atomic E-state index is 0.0928. The predicted octanol–water partition coefficient (Wildman–Crippen LogP) is 1.97. The molecule has 0 bridgehead atoms. The summed E-state index contributed by atoms with van der Waals surface area (Å²) >= 11 is 1.47. The quantitative estimate of drug-likeness (QED) is 0.877. The van der Waals surface area contributed by atoms with Crippen molar-refractivity contribution < 1.29 is 9.90 Å². The zero-order valence-electron chi connectivity index (χ0n) is 11.0. The number of aliphatic hydroxyl groups is 1. The molecule has 2 rings (SSSR count). The van der Waals surface area contributed by atoms with Crippen LogP contribution in [0.4, 0.5) is 0 Å². The lowest BCUT2D eigenvalue weighted by Crippen LogP contribution is -2.49. The Balaban J connectivity index is 2.27. The van der Waals surface area contributed by atoms with Crippen LogP contribution in [0.3, 0.4) is 0 Å². The van der Waals surface area contributed by atoms with Crippen molar-refractivity contribution in [2.24, 2.45) is 0 Å². The molecule has 2 heterocycles. The number of hydrogen-bond acceptors (Lipinski definition) is 5. The van der Waals surface area contributed by atoms with E-state index in [4.69, 9.17) is 0 Å². The summed E-state index contributed by atoms with van der Waals surface area (Å²) in [7, 11) is 0. The summed E-state index contributed by atoms with van der Waals surface area (Å²) in [5.41, 5.74) is -0.249. The van der Waals surface area contributed by atoms with Crippen LogP contribution in [0.15, 0.2) is 17.8 Å². The highest BCUT2D eigenvalue weighted by molar-refractivity contribution is 7.16. The van der Waals surface area contributed by atoms with E-state index in [0.717, 1.165) is 16.6 Å². The summed E-state index contributed by atoms with van der Waals surface area (Å²) in [6, 6.07) is 1.84. The molecule has 2 N–H and O–H groups in total. The molecule has 5 nitrogen and oxygen atoms in total. The maximum atomic E-state index is 12.3. The number of aliphatic hydroxyl groups excluding tert-OH is 1. The molecule has 0 fully saturated rings. The normalized spacial score (nSPS) is 14.3.